The van der Waals surface area contributed by atoms with Crippen LogP contribution in [-0.2, 0) is 29.1 Å². The monoisotopic (exact) mass is 545 g/mol. The average Bonchev–Trinajstić information content (AvgIpc) is 2.88. The number of carbonyl (C=O) groups is 3. The molecule has 2 aromatic rings. The summed E-state index contributed by atoms with van der Waals surface area (Å²) >= 11 is 0. The van der Waals surface area contributed by atoms with E-state index in [0.717, 1.165) is 23.6 Å². The van der Waals surface area contributed by atoms with E-state index in [-0.39, 0.29) is 29.4 Å². The van der Waals surface area contributed by atoms with Crippen LogP contribution in [0, 0.1) is 11.8 Å². The van der Waals surface area contributed by atoms with Crippen LogP contribution in [0.25, 0.3) is 0 Å². The first-order valence-electron chi connectivity index (χ1n) is 12.5. The summed E-state index contributed by atoms with van der Waals surface area (Å²) in [6, 6.07) is 12.1. The van der Waals surface area contributed by atoms with E-state index in [1.807, 2.05) is 0 Å². The second kappa shape index (κ2) is 12.8. The van der Waals surface area contributed by atoms with Crippen LogP contribution in [0.2, 0.25) is 0 Å². The topological polar surface area (TPSA) is 131 Å². The van der Waals surface area contributed by atoms with Gasteiger partial charge < -0.3 is 20.1 Å². The number of hydrogen-bond donors (Lipinski definition) is 2. The number of anilines is 2. The molecule has 206 valence electrons. The lowest BCUT2D eigenvalue weighted by molar-refractivity contribution is -0.150. The molecule has 11 heteroatoms. The summed E-state index contributed by atoms with van der Waals surface area (Å²) in [4.78, 5) is 35.4. The Bertz CT molecular complexity index is 1230. The van der Waals surface area contributed by atoms with Gasteiger partial charge in [-0.1, -0.05) is 26.7 Å². The summed E-state index contributed by atoms with van der Waals surface area (Å²) in [6.45, 7) is 4.91. The molecule has 10 nitrogen and oxygen atoms in total. The molecule has 3 atom stereocenters. The van der Waals surface area contributed by atoms with Gasteiger partial charge in [0.25, 0.3) is 15.9 Å². The average molecular weight is 546 g/mol. The van der Waals surface area contributed by atoms with Crippen molar-refractivity contribution in [2.45, 2.75) is 51.0 Å². The minimum absolute atomic E-state index is 0.0636. The molecule has 0 heterocycles. The number of esters is 1. The highest BCUT2D eigenvalue weighted by molar-refractivity contribution is 7.92. The molecule has 0 bridgehead atoms. The first-order valence-corrected chi connectivity index (χ1v) is 14.0. The highest BCUT2D eigenvalue weighted by atomic mass is 32.2. The van der Waals surface area contributed by atoms with Crippen molar-refractivity contribution >= 4 is 39.2 Å². The predicted octanol–water partition coefficient (Wildman–Crippen LogP) is 3.33. The zero-order valence-corrected chi connectivity index (χ0v) is 22.9. The molecule has 2 amide bonds. The zero-order valence-electron chi connectivity index (χ0n) is 22.1. The quantitative estimate of drug-likeness (QED) is 0.438. The maximum atomic E-state index is 13.0. The van der Waals surface area contributed by atoms with E-state index >= 15 is 0 Å². The van der Waals surface area contributed by atoms with Crippen molar-refractivity contribution in [2.24, 2.45) is 11.8 Å². The van der Waals surface area contributed by atoms with Crippen LogP contribution in [0.4, 0.5) is 11.4 Å². The van der Waals surface area contributed by atoms with Gasteiger partial charge in [-0.3, -0.25) is 13.9 Å². The van der Waals surface area contributed by atoms with E-state index in [1.54, 1.807) is 12.1 Å². The number of nitrogens with zero attached hydrogens (tertiary/aromatic N) is 1. The fourth-order valence-corrected chi connectivity index (χ4v) is 5.52. The molecule has 0 unspecified atom stereocenters. The van der Waals surface area contributed by atoms with Gasteiger partial charge in [0.2, 0.25) is 5.91 Å². The van der Waals surface area contributed by atoms with Gasteiger partial charge in [0.1, 0.15) is 5.75 Å². The Balaban J connectivity index is 1.47. The van der Waals surface area contributed by atoms with E-state index in [1.165, 1.54) is 50.4 Å². The van der Waals surface area contributed by atoms with Crippen molar-refractivity contribution in [1.29, 1.82) is 0 Å². The van der Waals surface area contributed by atoms with Crippen LogP contribution in [0.15, 0.2) is 53.4 Å². The summed E-state index contributed by atoms with van der Waals surface area (Å²) < 4.78 is 37.5. The van der Waals surface area contributed by atoms with Crippen molar-refractivity contribution in [2.75, 3.05) is 29.9 Å². The molecule has 1 fully saturated rings. The van der Waals surface area contributed by atoms with Crippen molar-refractivity contribution in [3.63, 3.8) is 0 Å². The van der Waals surface area contributed by atoms with E-state index in [2.05, 4.69) is 24.5 Å². The second-order valence-corrected chi connectivity index (χ2v) is 11.5. The number of hydrogen-bond acceptors (Lipinski definition) is 7. The van der Waals surface area contributed by atoms with E-state index < -0.39 is 22.6 Å². The minimum Gasteiger partial charge on any atom is -0.482 e. The Morgan fingerprint density at radius 2 is 1.63 bits per heavy atom. The summed E-state index contributed by atoms with van der Waals surface area (Å²) in [5, 5.41) is 5.54. The summed E-state index contributed by atoms with van der Waals surface area (Å²) in [6.07, 6.45) is 3.14. The lowest BCUT2D eigenvalue weighted by Gasteiger charge is -2.34. The van der Waals surface area contributed by atoms with E-state index in [9.17, 15) is 22.8 Å². The number of nitrogens with one attached hydrogen (secondary N) is 2. The number of carbonyl (C=O) groups excluding carboxylic acids is 3. The van der Waals surface area contributed by atoms with Crippen LogP contribution in [0.5, 0.6) is 5.75 Å². The lowest BCUT2D eigenvalue weighted by Crippen LogP contribution is -2.45. The third-order valence-corrected chi connectivity index (χ3v) is 8.61. The fourth-order valence-electron chi connectivity index (χ4n) is 4.33. The van der Waals surface area contributed by atoms with Gasteiger partial charge in [-0.25, -0.2) is 13.2 Å². The zero-order chi connectivity index (χ0) is 27.9. The molecule has 1 aliphatic carbocycles. The molecule has 0 radical (unpaired) electrons. The second-order valence-electron chi connectivity index (χ2n) is 9.56. The van der Waals surface area contributed by atoms with Crippen LogP contribution >= 0.6 is 0 Å². The Morgan fingerprint density at radius 3 is 2.26 bits per heavy atom. The van der Waals surface area contributed by atoms with Crippen LogP contribution in [0.1, 0.15) is 40.0 Å². The van der Waals surface area contributed by atoms with E-state index in [4.69, 9.17) is 9.47 Å². The number of rotatable bonds is 10. The van der Waals surface area contributed by atoms with Gasteiger partial charge in [-0.15, -0.1) is 0 Å². The Morgan fingerprint density at radius 1 is 0.974 bits per heavy atom. The molecular formula is C27H35N3O7S. The Labute approximate surface area is 223 Å². The van der Waals surface area contributed by atoms with Gasteiger partial charge in [-0.05, 0) is 66.8 Å². The smallest absolute Gasteiger partial charge is 0.344 e. The van der Waals surface area contributed by atoms with Gasteiger partial charge in [0.05, 0.1) is 10.6 Å². The highest BCUT2D eigenvalue weighted by Gasteiger charge is 2.28. The molecule has 0 aromatic heterocycles. The first-order chi connectivity index (χ1) is 18.0. The molecule has 1 aliphatic rings. The molecule has 0 spiro atoms. The summed E-state index contributed by atoms with van der Waals surface area (Å²) in [5.41, 5.74) is 0.877. The molecule has 3 rings (SSSR count). The molecule has 2 aromatic carbocycles. The third kappa shape index (κ3) is 7.70. The third-order valence-electron chi connectivity index (χ3n) is 6.81. The lowest BCUT2D eigenvalue weighted by atomic mass is 9.78. The van der Waals surface area contributed by atoms with Gasteiger partial charge >= 0.3 is 5.97 Å². The largest absolute Gasteiger partial charge is 0.482 e. The Kier molecular flexibility index (Phi) is 9.73. The van der Waals surface area contributed by atoms with Gasteiger partial charge in [-0.2, -0.15) is 0 Å². The van der Waals surface area contributed by atoms with Gasteiger partial charge in [0, 0.05) is 25.7 Å². The van der Waals surface area contributed by atoms with Crippen LogP contribution < -0.4 is 19.7 Å². The van der Waals surface area contributed by atoms with Crippen molar-refractivity contribution in [3.05, 3.63) is 48.5 Å². The molecule has 2 N–H and O–H groups in total. The van der Waals surface area contributed by atoms with Gasteiger partial charge in [0.15, 0.2) is 13.2 Å². The first kappa shape index (κ1) is 29.0. The van der Waals surface area contributed by atoms with Crippen molar-refractivity contribution in [1.82, 2.24) is 5.32 Å². The van der Waals surface area contributed by atoms with Crippen LogP contribution in [0.3, 0.4) is 0 Å². The molecule has 38 heavy (non-hydrogen) atoms. The number of amides is 2. The normalized spacial score (nSPS) is 19.2. The number of ether oxygens (including phenoxy) is 2. The fraction of sp³-hybridized carbons (Fsp3) is 0.444. The standard InChI is InChI=1S/C27H35N3O7S/c1-18-6-5-7-25(19(18)2)29-26(32)16-37-27(33)17-36-23-12-10-22(11-13-23)30(4)38(34,35)24-14-8-21(9-15-24)28-20(3)31/h8-15,18-19,25H,5-7,16-17H2,1-4H3,(H,28,31)(H,29,32)/t18-,19+,25+/m0/s1. The van der Waals surface area contributed by atoms with Crippen LogP contribution in [-0.4, -0.2) is 52.5 Å². The highest BCUT2D eigenvalue weighted by Crippen LogP contribution is 2.29. The molecule has 0 aliphatic heterocycles. The number of sulfonamides is 1. The molecule has 0 saturated heterocycles. The van der Waals surface area contributed by atoms with Crippen molar-refractivity contribution in [3.8, 4) is 5.75 Å². The molecule has 1 saturated carbocycles. The Hall–Kier alpha value is -3.60. The predicted molar refractivity (Wildman–Crippen MR) is 143 cm³/mol. The van der Waals surface area contributed by atoms with E-state index in [0.29, 0.717) is 29.0 Å². The number of benzene rings is 2. The maximum absolute atomic E-state index is 13.0. The SMILES string of the molecule is CC(=O)Nc1ccc(S(=O)(=O)N(C)c2ccc(OCC(=O)OCC(=O)N[C@@H]3CCC[C@H](C)[C@H]3C)cc2)cc1. The summed E-state index contributed by atoms with van der Waals surface area (Å²) in [5.74, 6) is -0.0129. The molecular weight excluding hydrogens is 510 g/mol. The van der Waals surface area contributed by atoms with Crippen molar-refractivity contribution < 1.29 is 32.3 Å². The summed E-state index contributed by atoms with van der Waals surface area (Å²) in [7, 11) is -2.42. The minimum atomic E-state index is -3.84. The maximum Gasteiger partial charge on any atom is 0.344 e.